The number of aliphatic imine (C=N–C) groups is 1. The maximum atomic E-state index is 12.3. The summed E-state index contributed by atoms with van der Waals surface area (Å²) in [5, 5.41) is 5.69. The van der Waals surface area contributed by atoms with Gasteiger partial charge in [-0.15, -0.1) is 0 Å². The zero-order valence-electron chi connectivity index (χ0n) is 15.4. The van der Waals surface area contributed by atoms with Crippen LogP contribution in [0.5, 0.6) is 0 Å². The molecule has 0 saturated heterocycles. The van der Waals surface area contributed by atoms with Gasteiger partial charge in [0.25, 0.3) is 5.91 Å². The van der Waals surface area contributed by atoms with E-state index >= 15 is 0 Å². The summed E-state index contributed by atoms with van der Waals surface area (Å²) < 4.78 is 4.80. The van der Waals surface area contributed by atoms with E-state index in [0.717, 1.165) is 16.7 Å². The van der Waals surface area contributed by atoms with Crippen LogP contribution >= 0.6 is 0 Å². The lowest BCUT2D eigenvalue weighted by atomic mass is 10.1. The second kappa shape index (κ2) is 8.55. The van der Waals surface area contributed by atoms with Gasteiger partial charge in [-0.05, 0) is 24.1 Å². The normalized spacial score (nSPS) is 13.5. The van der Waals surface area contributed by atoms with Gasteiger partial charge in [0, 0.05) is 18.9 Å². The van der Waals surface area contributed by atoms with Gasteiger partial charge in [-0.3, -0.25) is 19.6 Å². The summed E-state index contributed by atoms with van der Waals surface area (Å²) in [5.74, 6) is 0.141. The lowest BCUT2D eigenvalue weighted by molar-refractivity contribution is -0.123. The van der Waals surface area contributed by atoms with E-state index < -0.39 is 0 Å². The van der Waals surface area contributed by atoms with Crippen LogP contribution in [0.2, 0.25) is 0 Å². The van der Waals surface area contributed by atoms with E-state index in [1.54, 1.807) is 6.20 Å². The van der Waals surface area contributed by atoms with Gasteiger partial charge in [-0.2, -0.15) is 0 Å². The summed E-state index contributed by atoms with van der Waals surface area (Å²) in [6, 6.07) is 11.6. The first-order valence-corrected chi connectivity index (χ1v) is 8.72. The summed E-state index contributed by atoms with van der Waals surface area (Å²) in [7, 11) is 1.46. The van der Waals surface area contributed by atoms with Crippen LogP contribution in [0.3, 0.4) is 0 Å². The first kappa shape index (κ1) is 18.7. The quantitative estimate of drug-likeness (QED) is 0.811. The molecular formula is C20H22N4O3. The van der Waals surface area contributed by atoms with Crippen molar-refractivity contribution in [1.82, 2.24) is 15.6 Å². The fourth-order valence-electron chi connectivity index (χ4n) is 2.92. The molecule has 27 heavy (non-hydrogen) atoms. The molecule has 0 unspecified atom stereocenters. The minimum Gasteiger partial charge on any atom is -0.375 e. The molecule has 3 rings (SSSR count). The van der Waals surface area contributed by atoms with Crippen LogP contribution in [-0.4, -0.2) is 36.4 Å². The Morgan fingerprint density at radius 1 is 1.22 bits per heavy atom. The molecule has 2 amide bonds. The van der Waals surface area contributed by atoms with E-state index in [1.807, 2.05) is 43.3 Å². The van der Waals surface area contributed by atoms with Crippen molar-refractivity contribution >= 4 is 17.6 Å². The number of hydrogen-bond donors (Lipinski definition) is 2. The minimum absolute atomic E-state index is 0.0281. The van der Waals surface area contributed by atoms with E-state index in [1.165, 1.54) is 7.11 Å². The van der Waals surface area contributed by atoms with Gasteiger partial charge in [0.05, 0.1) is 24.7 Å². The van der Waals surface area contributed by atoms with E-state index in [4.69, 9.17) is 4.74 Å². The number of nitrogens with one attached hydrogen (secondary N) is 2. The lowest BCUT2D eigenvalue weighted by Crippen LogP contribution is -2.33. The van der Waals surface area contributed by atoms with E-state index in [2.05, 4.69) is 20.6 Å². The fourth-order valence-corrected chi connectivity index (χ4v) is 2.92. The molecule has 1 atom stereocenters. The number of pyridine rings is 1. The number of amides is 2. The van der Waals surface area contributed by atoms with Crippen molar-refractivity contribution in [2.24, 2.45) is 4.99 Å². The van der Waals surface area contributed by atoms with Crippen LogP contribution in [0, 0.1) is 0 Å². The van der Waals surface area contributed by atoms with Gasteiger partial charge >= 0.3 is 0 Å². The first-order chi connectivity index (χ1) is 13.1. The van der Waals surface area contributed by atoms with Crippen molar-refractivity contribution in [2.45, 2.75) is 25.9 Å². The van der Waals surface area contributed by atoms with Crippen molar-refractivity contribution < 1.29 is 14.3 Å². The third-order valence-corrected chi connectivity index (χ3v) is 4.26. The molecular weight excluding hydrogens is 344 g/mol. The number of benzene rings is 1. The Hall–Kier alpha value is -3.06. The predicted octanol–water partition coefficient (Wildman–Crippen LogP) is 1.52. The predicted molar refractivity (Wildman–Crippen MR) is 101 cm³/mol. The lowest BCUT2D eigenvalue weighted by Gasteiger charge is -2.14. The number of amidine groups is 1. The molecule has 0 spiro atoms. The average molecular weight is 366 g/mol. The molecule has 0 radical (unpaired) electrons. The first-order valence-electron chi connectivity index (χ1n) is 8.72. The van der Waals surface area contributed by atoms with Crippen LogP contribution in [0.25, 0.3) is 0 Å². The van der Waals surface area contributed by atoms with Gasteiger partial charge in [0.15, 0.2) is 0 Å². The van der Waals surface area contributed by atoms with Gasteiger partial charge in [0.2, 0.25) is 5.91 Å². The Balaban J connectivity index is 1.60. The molecule has 1 aliphatic rings. The van der Waals surface area contributed by atoms with Gasteiger partial charge < -0.3 is 15.4 Å². The molecule has 2 aromatic rings. The SMILES string of the molecule is COCC(=O)NC1=NCc2cc(CC(=O)N[C@H](C)c3ccccc3)ncc21. The molecule has 7 heteroatoms. The second-order valence-electron chi connectivity index (χ2n) is 6.36. The number of methoxy groups -OCH3 is 1. The van der Waals surface area contributed by atoms with Crippen LogP contribution in [0.15, 0.2) is 47.6 Å². The average Bonchev–Trinajstić information content (AvgIpc) is 3.04. The van der Waals surface area contributed by atoms with Gasteiger partial charge in [-0.25, -0.2) is 0 Å². The fraction of sp³-hybridized carbons (Fsp3) is 0.300. The van der Waals surface area contributed by atoms with Crippen molar-refractivity contribution in [1.29, 1.82) is 0 Å². The molecule has 1 aliphatic heterocycles. The molecule has 7 nitrogen and oxygen atoms in total. The Bertz CT molecular complexity index is 865. The summed E-state index contributed by atoms with van der Waals surface area (Å²) in [5.41, 5.74) is 3.45. The maximum Gasteiger partial charge on any atom is 0.251 e. The number of aromatic nitrogens is 1. The number of carbonyl (C=O) groups excluding carboxylic acids is 2. The summed E-state index contributed by atoms with van der Waals surface area (Å²) >= 11 is 0. The molecule has 0 saturated carbocycles. The van der Waals surface area contributed by atoms with E-state index in [9.17, 15) is 9.59 Å². The summed E-state index contributed by atoms with van der Waals surface area (Å²) in [6.07, 6.45) is 1.84. The third-order valence-electron chi connectivity index (χ3n) is 4.26. The largest absolute Gasteiger partial charge is 0.375 e. The van der Waals surface area contributed by atoms with Crippen LogP contribution in [-0.2, 0) is 27.3 Å². The topological polar surface area (TPSA) is 92.7 Å². The Labute approximate surface area is 157 Å². The molecule has 2 heterocycles. The third kappa shape index (κ3) is 4.77. The number of hydrogen-bond acceptors (Lipinski definition) is 5. The zero-order valence-corrected chi connectivity index (χ0v) is 15.4. The molecule has 140 valence electrons. The maximum absolute atomic E-state index is 12.3. The zero-order chi connectivity index (χ0) is 19.2. The molecule has 0 bridgehead atoms. The van der Waals surface area contributed by atoms with E-state index in [-0.39, 0.29) is 30.9 Å². The number of fused-ring (bicyclic) bond motifs is 1. The molecule has 0 aliphatic carbocycles. The van der Waals surface area contributed by atoms with Gasteiger partial charge in [0.1, 0.15) is 12.4 Å². The Morgan fingerprint density at radius 2 is 2.00 bits per heavy atom. The van der Waals surface area contributed by atoms with Crippen molar-refractivity contribution in [3.05, 3.63) is 65.0 Å². The molecule has 2 N–H and O–H groups in total. The van der Waals surface area contributed by atoms with Crippen LogP contribution < -0.4 is 10.6 Å². The highest BCUT2D eigenvalue weighted by Crippen LogP contribution is 2.18. The number of ether oxygens (including phenoxy) is 1. The van der Waals surface area contributed by atoms with Crippen LogP contribution in [0.4, 0.5) is 0 Å². The van der Waals surface area contributed by atoms with Crippen molar-refractivity contribution in [2.75, 3.05) is 13.7 Å². The Kier molecular flexibility index (Phi) is 5.93. The highest BCUT2D eigenvalue weighted by molar-refractivity contribution is 6.10. The Morgan fingerprint density at radius 3 is 2.74 bits per heavy atom. The number of nitrogens with zero attached hydrogens (tertiary/aromatic N) is 2. The van der Waals surface area contributed by atoms with E-state index in [0.29, 0.717) is 18.1 Å². The highest BCUT2D eigenvalue weighted by Gasteiger charge is 2.20. The smallest absolute Gasteiger partial charge is 0.251 e. The second-order valence-corrected chi connectivity index (χ2v) is 6.36. The summed E-state index contributed by atoms with van der Waals surface area (Å²) in [4.78, 5) is 32.7. The van der Waals surface area contributed by atoms with Crippen molar-refractivity contribution in [3.8, 4) is 0 Å². The number of rotatable bonds is 6. The number of carbonyl (C=O) groups is 2. The molecule has 1 aromatic carbocycles. The van der Waals surface area contributed by atoms with Crippen LogP contribution in [0.1, 0.15) is 35.3 Å². The monoisotopic (exact) mass is 366 g/mol. The standard InChI is InChI=1S/C20H22N4O3/c1-13(14-6-4-3-5-7-14)23-18(25)9-16-8-15-10-22-20(17(15)11-21-16)24-19(26)12-27-2/h3-8,11,13H,9-10,12H2,1-2H3,(H,23,25)(H,22,24,26)/t13-/m1/s1. The highest BCUT2D eigenvalue weighted by atomic mass is 16.5. The summed E-state index contributed by atoms with van der Waals surface area (Å²) in [6.45, 7) is 2.38. The molecule has 0 fully saturated rings. The van der Waals surface area contributed by atoms with Gasteiger partial charge in [-0.1, -0.05) is 30.3 Å². The minimum atomic E-state index is -0.262. The van der Waals surface area contributed by atoms with Crippen molar-refractivity contribution in [3.63, 3.8) is 0 Å². The molecule has 1 aromatic heterocycles.